The molecule has 0 radical (unpaired) electrons. The Balaban J connectivity index is 2.02. The van der Waals surface area contributed by atoms with Crippen molar-refractivity contribution in [2.45, 2.75) is 46.1 Å². The summed E-state index contributed by atoms with van der Waals surface area (Å²) in [6.45, 7) is 8.11. The van der Waals surface area contributed by atoms with Gasteiger partial charge in [-0.2, -0.15) is 9.78 Å². The molecule has 0 aliphatic heterocycles. The third-order valence-electron chi connectivity index (χ3n) is 4.53. The summed E-state index contributed by atoms with van der Waals surface area (Å²) in [5, 5.41) is 4.99. The summed E-state index contributed by atoms with van der Waals surface area (Å²) in [5.41, 5.74) is 1.33. The van der Waals surface area contributed by atoms with Gasteiger partial charge in [0.15, 0.2) is 0 Å². The lowest BCUT2D eigenvalue weighted by molar-refractivity contribution is 0.216. The number of rotatable bonds is 6. The fourth-order valence-electron chi connectivity index (χ4n) is 2.77. The second kappa shape index (κ2) is 9.22. The van der Waals surface area contributed by atoms with E-state index in [1.165, 1.54) is 4.68 Å². The molecule has 0 saturated carbocycles. The lowest BCUT2D eigenvalue weighted by Gasteiger charge is -2.14. The molecule has 3 aromatic rings. The number of aromatic nitrogens is 2. The van der Waals surface area contributed by atoms with E-state index in [9.17, 15) is 4.79 Å². The summed E-state index contributed by atoms with van der Waals surface area (Å²) in [5.74, 6) is 1.46. The third-order valence-corrected chi connectivity index (χ3v) is 5.64. The molecule has 2 aromatic carbocycles. The molecule has 7 heteroatoms. The van der Waals surface area contributed by atoms with Crippen LogP contribution in [0.25, 0.3) is 10.9 Å². The Morgan fingerprint density at radius 1 is 1.17 bits per heavy atom. The zero-order valence-electron chi connectivity index (χ0n) is 16.8. The molecule has 0 bridgehead atoms. The van der Waals surface area contributed by atoms with Gasteiger partial charge in [-0.15, -0.1) is 0 Å². The van der Waals surface area contributed by atoms with Crippen molar-refractivity contribution < 1.29 is 4.74 Å². The summed E-state index contributed by atoms with van der Waals surface area (Å²) >= 11 is 6.97. The standard InChI is InChI=1S/C22H23Br2N3O2/c1-5-14(4)29-20-9-6-15(10-18(20)24)12-25-27-21(13(2)3)26-19-8-7-16(23)11-17(19)22(27)28/h6-14H,5H2,1-4H3/t14-/m0/s1. The number of hydrogen-bond acceptors (Lipinski definition) is 4. The molecule has 152 valence electrons. The molecule has 29 heavy (non-hydrogen) atoms. The van der Waals surface area contributed by atoms with Gasteiger partial charge >= 0.3 is 0 Å². The first-order chi connectivity index (χ1) is 13.8. The minimum absolute atomic E-state index is 0.0472. The van der Waals surface area contributed by atoms with Crippen LogP contribution in [0.15, 0.2) is 55.2 Å². The average Bonchev–Trinajstić information content (AvgIpc) is 2.69. The van der Waals surface area contributed by atoms with Crippen molar-refractivity contribution >= 4 is 49.0 Å². The van der Waals surface area contributed by atoms with E-state index in [2.05, 4.69) is 48.9 Å². The van der Waals surface area contributed by atoms with Crippen LogP contribution in [0.3, 0.4) is 0 Å². The van der Waals surface area contributed by atoms with E-state index >= 15 is 0 Å². The van der Waals surface area contributed by atoms with Gasteiger partial charge in [-0.05, 0) is 71.2 Å². The quantitative estimate of drug-likeness (QED) is 0.369. The maximum atomic E-state index is 13.1. The Labute approximate surface area is 187 Å². The molecule has 5 nitrogen and oxygen atoms in total. The van der Waals surface area contributed by atoms with E-state index in [4.69, 9.17) is 4.74 Å². The zero-order valence-corrected chi connectivity index (χ0v) is 20.0. The zero-order chi connectivity index (χ0) is 21.1. The van der Waals surface area contributed by atoms with Crippen LogP contribution in [0.4, 0.5) is 0 Å². The minimum Gasteiger partial charge on any atom is -0.490 e. The normalized spacial score (nSPS) is 12.8. The molecule has 0 unspecified atom stereocenters. The van der Waals surface area contributed by atoms with Crippen LogP contribution in [-0.4, -0.2) is 22.0 Å². The van der Waals surface area contributed by atoms with Gasteiger partial charge in [-0.25, -0.2) is 4.98 Å². The van der Waals surface area contributed by atoms with Gasteiger partial charge in [0.05, 0.1) is 27.7 Å². The Morgan fingerprint density at radius 3 is 2.59 bits per heavy atom. The molecule has 0 aliphatic carbocycles. The maximum Gasteiger partial charge on any atom is 0.282 e. The fourth-order valence-corrected chi connectivity index (χ4v) is 3.62. The smallest absolute Gasteiger partial charge is 0.282 e. The molecular weight excluding hydrogens is 498 g/mol. The first kappa shape index (κ1) is 21.7. The molecule has 0 fully saturated rings. The average molecular weight is 521 g/mol. The van der Waals surface area contributed by atoms with Gasteiger partial charge in [-0.1, -0.05) is 36.7 Å². The molecule has 1 atom stereocenters. The van der Waals surface area contributed by atoms with Gasteiger partial charge in [0.25, 0.3) is 5.56 Å². The molecule has 0 amide bonds. The largest absolute Gasteiger partial charge is 0.490 e. The van der Waals surface area contributed by atoms with Gasteiger partial charge in [-0.3, -0.25) is 4.79 Å². The van der Waals surface area contributed by atoms with Gasteiger partial charge in [0, 0.05) is 10.4 Å². The topological polar surface area (TPSA) is 56.5 Å². The second-order valence-electron chi connectivity index (χ2n) is 7.17. The molecule has 0 aliphatic rings. The fraction of sp³-hybridized carbons (Fsp3) is 0.318. The van der Waals surface area contributed by atoms with E-state index in [0.717, 1.165) is 26.7 Å². The highest BCUT2D eigenvalue weighted by Gasteiger charge is 2.14. The molecule has 0 saturated heterocycles. The van der Waals surface area contributed by atoms with Crippen LogP contribution in [0, 0.1) is 0 Å². The summed E-state index contributed by atoms with van der Waals surface area (Å²) in [7, 11) is 0. The lowest BCUT2D eigenvalue weighted by atomic mass is 10.2. The van der Waals surface area contributed by atoms with Crippen LogP contribution in [0.2, 0.25) is 0 Å². The summed E-state index contributed by atoms with van der Waals surface area (Å²) in [6, 6.07) is 11.2. The van der Waals surface area contributed by atoms with Gasteiger partial charge in [0.2, 0.25) is 0 Å². The van der Waals surface area contributed by atoms with Crippen LogP contribution >= 0.6 is 31.9 Å². The number of nitrogens with zero attached hydrogens (tertiary/aromatic N) is 3. The number of benzene rings is 2. The van der Waals surface area contributed by atoms with Crippen molar-refractivity contribution in [3.63, 3.8) is 0 Å². The van der Waals surface area contributed by atoms with E-state index in [0.29, 0.717) is 16.7 Å². The number of halogens is 2. The van der Waals surface area contributed by atoms with Crippen molar-refractivity contribution in [3.8, 4) is 5.75 Å². The number of ether oxygens (including phenoxy) is 1. The van der Waals surface area contributed by atoms with Gasteiger partial charge < -0.3 is 4.74 Å². The second-order valence-corrected chi connectivity index (χ2v) is 8.94. The number of fused-ring (bicyclic) bond motifs is 1. The van der Waals surface area contributed by atoms with Crippen LogP contribution in [0.1, 0.15) is 51.4 Å². The van der Waals surface area contributed by atoms with Crippen molar-refractivity contribution in [2.75, 3.05) is 0 Å². The third kappa shape index (κ3) is 4.95. The Bertz CT molecular complexity index is 1120. The molecule has 3 rings (SSSR count). The molecular formula is C22H23Br2N3O2. The Morgan fingerprint density at radius 2 is 1.93 bits per heavy atom. The minimum atomic E-state index is -0.188. The first-order valence-electron chi connectivity index (χ1n) is 9.53. The number of hydrogen-bond donors (Lipinski definition) is 0. The predicted molar refractivity (Wildman–Crippen MR) is 125 cm³/mol. The lowest BCUT2D eigenvalue weighted by Crippen LogP contribution is -2.23. The molecule has 0 spiro atoms. The van der Waals surface area contributed by atoms with E-state index in [1.807, 2.05) is 51.1 Å². The maximum absolute atomic E-state index is 13.1. The molecule has 1 heterocycles. The first-order valence-corrected chi connectivity index (χ1v) is 11.1. The van der Waals surface area contributed by atoms with Crippen molar-refractivity contribution in [3.05, 3.63) is 67.1 Å². The summed E-state index contributed by atoms with van der Waals surface area (Å²) < 4.78 is 8.94. The highest BCUT2D eigenvalue weighted by molar-refractivity contribution is 9.10. The Hall–Kier alpha value is -1.99. The highest BCUT2D eigenvalue weighted by Crippen LogP contribution is 2.27. The molecule has 0 N–H and O–H groups in total. The highest BCUT2D eigenvalue weighted by atomic mass is 79.9. The van der Waals surface area contributed by atoms with Gasteiger partial charge in [0.1, 0.15) is 11.6 Å². The van der Waals surface area contributed by atoms with Crippen LogP contribution in [0.5, 0.6) is 5.75 Å². The van der Waals surface area contributed by atoms with Crippen molar-refractivity contribution in [1.29, 1.82) is 0 Å². The summed E-state index contributed by atoms with van der Waals surface area (Å²) in [4.78, 5) is 17.7. The van der Waals surface area contributed by atoms with E-state index in [1.54, 1.807) is 12.3 Å². The Kier molecular flexibility index (Phi) is 6.90. The van der Waals surface area contributed by atoms with Crippen molar-refractivity contribution in [2.24, 2.45) is 5.10 Å². The predicted octanol–water partition coefficient (Wildman–Crippen LogP) is 6.10. The summed E-state index contributed by atoms with van der Waals surface area (Å²) in [6.07, 6.45) is 2.74. The molecule has 1 aromatic heterocycles. The van der Waals surface area contributed by atoms with Crippen molar-refractivity contribution in [1.82, 2.24) is 9.66 Å². The van der Waals surface area contributed by atoms with E-state index < -0.39 is 0 Å². The van der Waals surface area contributed by atoms with Crippen LogP contribution < -0.4 is 10.3 Å². The van der Waals surface area contributed by atoms with Crippen LogP contribution in [-0.2, 0) is 0 Å². The monoisotopic (exact) mass is 519 g/mol. The SMILES string of the molecule is CC[C@H](C)Oc1ccc(C=Nn2c(C(C)C)nc3ccc(Br)cc3c2=O)cc1Br. The van der Waals surface area contributed by atoms with E-state index in [-0.39, 0.29) is 17.6 Å².